The van der Waals surface area contributed by atoms with Gasteiger partial charge in [-0.05, 0) is 47.4 Å². The van der Waals surface area contributed by atoms with E-state index in [2.05, 4.69) is 12.1 Å². The molecule has 3 aromatic rings. The molecule has 3 aromatic carbocycles. The van der Waals surface area contributed by atoms with Gasteiger partial charge in [-0.15, -0.1) is 11.8 Å². The summed E-state index contributed by atoms with van der Waals surface area (Å²) in [6, 6.07) is 19.7. The van der Waals surface area contributed by atoms with Crippen LogP contribution >= 0.6 is 23.4 Å². The number of methoxy groups -OCH3 is 1. The summed E-state index contributed by atoms with van der Waals surface area (Å²) < 4.78 is 5.25. The summed E-state index contributed by atoms with van der Waals surface area (Å²) >= 11 is 7.71. The van der Waals surface area contributed by atoms with Crippen LogP contribution in [0.5, 0.6) is 5.75 Å². The van der Waals surface area contributed by atoms with Gasteiger partial charge < -0.3 is 10.5 Å². The molecule has 0 fully saturated rings. The van der Waals surface area contributed by atoms with E-state index in [1.165, 1.54) is 0 Å². The number of rotatable bonds is 3. The van der Waals surface area contributed by atoms with Crippen molar-refractivity contribution < 1.29 is 4.74 Å². The Labute approximate surface area is 178 Å². The van der Waals surface area contributed by atoms with E-state index in [1.807, 2.05) is 36.4 Å². The molecule has 4 rings (SSSR count). The van der Waals surface area contributed by atoms with Crippen LogP contribution in [0.25, 0.3) is 11.1 Å². The Morgan fingerprint density at radius 2 is 1.69 bits per heavy atom. The highest BCUT2D eigenvalue weighted by Gasteiger charge is 2.32. The van der Waals surface area contributed by atoms with Crippen LogP contribution in [0.2, 0.25) is 5.02 Å². The lowest BCUT2D eigenvalue weighted by atomic mass is 9.90. The maximum Gasteiger partial charge on any atom is 0.118 e. The number of hydrogen-bond donors (Lipinski definition) is 1. The van der Waals surface area contributed by atoms with Gasteiger partial charge in [0.15, 0.2) is 0 Å². The molecule has 0 saturated carbocycles. The fourth-order valence-corrected chi connectivity index (χ4v) is 5.25. The third-order valence-electron chi connectivity index (χ3n) is 5.09. The fourth-order valence-electron chi connectivity index (χ4n) is 3.63. The summed E-state index contributed by atoms with van der Waals surface area (Å²) in [7, 11) is 1.64. The molecule has 6 heteroatoms. The predicted molar refractivity (Wildman–Crippen MR) is 116 cm³/mol. The Kier molecular flexibility index (Phi) is 5.11. The molecule has 1 unspecified atom stereocenters. The number of benzene rings is 3. The minimum Gasteiger partial charge on any atom is -0.497 e. The number of halogens is 1. The normalized spacial score (nSPS) is 14.7. The minimum absolute atomic E-state index is 0.127. The van der Waals surface area contributed by atoms with Crippen LogP contribution in [-0.2, 0) is 6.42 Å². The van der Waals surface area contributed by atoms with Crippen molar-refractivity contribution in [2.75, 3.05) is 12.8 Å². The number of ether oxygens (including phenoxy) is 1. The summed E-state index contributed by atoms with van der Waals surface area (Å²) in [6.45, 7) is 0. The van der Waals surface area contributed by atoms with Gasteiger partial charge in [0.1, 0.15) is 17.9 Å². The Balaban J connectivity index is 1.89. The van der Waals surface area contributed by atoms with Gasteiger partial charge in [0, 0.05) is 20.7 Å². The Morgan fingerprint density at radius 3 is 2.28 bits per heavy atom. The Hall–Kier alpha value is -3.12. The summed E-state index contributed by atoms with van der Waals surface area (Å²) in [5, 5.41) is 20.3. The van der Waals surface area contributed by atoms with Crippen molar-refractivity contribution in [2.45, 2.75) is 16.6 Å². The van der Waals surface area contributed by atoms with Crippen molar-refractivity contribution in [2.24, 2.45) is 0 Å². The van der Waals surface area contributed by atoms with Crippen molar-refractivity contribution >= 4 is 29.1 Å². The second kappa shape index (κ2) is 7.72. The topological polar surface area (TPSA) is 82.8 Å². The summed E-state index contributed by atoms with van der Waals surface area (Å²) in [5.74, 6) is 0.796. The molecule has 0 aromatic heterocycles. The number of thioether (sulfide) groups is 1. The number of anilines is 1. The van der Waals surface area contributed by atoms with E-state index in [0.29, 0.717) is 22.6 Å². The van der Waals surface area contributed by atoms with Crippen molar-refractivity contribution in [1.29, 1.82) is 10.5 Å². The van der Waals surface area contributed by atoms with Gasteiger partial charge in [0.25, 0.3) is 0 Å². The van der Waals surface area contributed by atoms with Gasteiger partial charge in [-0.3, -0.25) is 0 Å². The molecule has 142 valence electrons. The first kappa shape index (κ1) is 19.2. The Bertz CT molecular complexity index is 1180. The smallest absolute Gasteiger partial charge is 0.118 e. The number of nitrogens with zero attached hydrogens (tertiary/aromatic N) is 2. The van der Waals surface area contributed by atoms with Crippen molar-refractivity contribution in [3.8, 4) is 29.0 Å². The first-order chi connectivity index (χ1) is 14.1. The molecule has 4 nitrogen and oxygen atoms in total. The van der Waals surface area contributed by atoms with Gasteiger partial charge in [0.05, 0.1) is 23.9 Å². The predicted octanol–water partition coefficient (Wildman–Crippen LogP) is 5.73. The molecule has 0 saturated heterocycles. The molecule has 2 N–H and O–H groups in total. The Morgan fingerprint density at radius 1 is 1.03 bits per heavy atom. The first-order valence-corrected chi connectivity index (χ1v) is 10.2. The molecular formula is C23H16ClN3OS. The zero-order valence-electron chi connectivity index (χ0n) is 15.6. The van der Waals surface area contributed by atoms with Gasteiger partial charge >= 0.3 is 0 Å². The second-order valence-corrected chi connectivity index (χ2v) is 8.31. The lowest BCUT2D eigenvalue weighted by molar-refractivity contribution is 0.414. The van der Waals surface area contributed by atoms with Crippen LogP contribution in [-0.4, -0.2) is 7.11 Å². The van der Waals surface area contributed by atoms with E-state index in [4.69, 9.17) is 22.1 Å². The van der Waals surface area contributed by atoms with E-state index in [0.717, 1.165) is 32.9 Å². The maximum atomic E-state index is 9.82. The highest BCUT2D eigenvalue weighted by atomic mass is 35.5. The molecule has 0 bridgehead atoms. The summed E-state index contributed by atoms with van der Waals surface area (Å²) in [5.41, 5.74) is 10.9. The molecule has 1 aliphatic heterocycles. The zero-order chi connectivity index (χ0) is 20.5. The van der Waals surface area contributed by atoms with Crippen LogP contribution < -0.4 is 10.5 Å². The average Bonchev–Trinajstić information content (AvgIpc) is 3.18. The van der Waals surface area contributed by atoms with E-state index >= 15 is 0 Å². The van der Waals surface area contributed by atoms with E-state index in [-0.39, 0.29) is 10.9 Å². The van der Waals surface area contributed by atoms with Crippen LogP contribution in [0, 0.1) is 22.7 Å². The number of nitrogens with two attached hydrogens (primary N) is 1. The van der Waals surface area contributed by atoms with Crippen molar-refractivity contribution in [3.05, 3.63) is 75.8 Å². The van der Waals surface area contributed by atoms with Crippen LogP contribution in [0.1, 0.15) is 27.5 Å². The molecule has 0 radical (unpaired) electrons. The summed E-state index contributed by atoms with van der Waals surface area (Å²) in [4.78, 5) is 0.940. The highest BCUT2D eigenvalue weighted by molar-refractivity contribution is 8.00. The van der Waals surface area contributed by atoms with Gasteiger partial charge in [-0.2, -0.15) is 10.5 Å². The van der Waals surface area contributed by atoms with E-state index in [1.54, 1.807) is 31.0 Å². The molecule has 0 amide bonds. The SMILES string of the molecule is COc1ccc(C2Cc3c(C#N)c(N)c(C#N)c(-c4ccc(Cl)cc4)c3S2)cc1. The van der Waals surface area contributed by atoms with E-state index in [9.17, 15) is 10.5 Å². The molecule has 0 aliphatic carbocycles. The number of hydrogen-bond acceptors (Lipinski definition) is 5. The quantitative estimate of drug-likeness (QED) is 0.550. The molecular weight excluding hydrogens is 402 g/mol. The molecule has 1 atom stereocenters. The lowest BCUT2D eigenvalue weighted by Gasteiger charge is -2.15. The largest absolute Gasteiger partial charge is 0.497 e. The molecule has 1 aliphatic rings. The standard InChI is InChI=1S/C23H16ClN3OS/c1-28-16-8-4-13(5-9-16)20-10-17-18(11-25)22(27)19(12-26)21(23(17)29-20)14-2-6-15(24)7-3-14/h2-9,20H,10,27H2,1H3. The third-order valence-corrected chi connectivity index (χ3v) is 6.75. The average molecular weight is 418 g/mol. The summed E-state index contributed by atoms with van der Waals surface area (Å²) in [6.07, 6.45) is 0.672. The highest BCUT2D eigenvalue weighted by Crippen LogP contribution is 2.54. The van der Waals surface area contributed by atoms with Crippen molar-refractivity contribution in [3.63, 3.8) is 0 Å². The maximum absolute atomic E-state index is 9.82. The monoisotopic (exact) mass is 417 g/mol. The van der Waals surface area contributed by atoms with E-state index < -0.39 is 0 Å². The third kappa shape index (κ3) is 3.29. The van der Waals surface area contributed by atoms with Crippen LogP contribution in [0.15, 0.2) is 53.4 Å². The molecule has 29 heavy (non-hydrogen) atoms. The molecule has 0 spiro atoms. The number of fused-ring (bicyclic) bond motifs is 1. The lowest BCUT2D eigenvalue weighted by Crippen LogP contribution is -2.03. The first-order valence-electron chi connectivity index (χ1n) is 8.92. The molecule has 1 heterocycles. The fraction of sp³-hybridized carbons (Fsp3) is 0.130. The van der Waals surface area contributed by atoms with Crippen molar-refractivity contribution in [1.82, 2.24) is 0 Å². The minimum atomic E-state index is 0.127. The van der Waals surface area contributed by atoms with Gasteiger partial charge in [-0.1, -0.05) is 35.9 Å². The van der Waals surface area contributed by atoms with Crippen LogP contribution in [0.4, 0.5) is 5.69 Å². The second-order valence-electron chi connectivity index (χ2n) is 6.66. The number of nitrogen functional groups attached to an aromatic ring is 1. The zero-order valence-corrected chi connectivity index (χ0v) is 17.1. The van der Waals surface area contributed by atoms with Crippen LogP contribution in [0.3, 0.4) is 0 Å². The number of nitriles is 2. The van der Waals surface area contributed by atoms with Gasteiger partial charge in [0.2, 0.25) is 0 Å². The van der Waals surface area contributed by atoms with Gasteiger partial charge in [-0.25, -0.2) is 0 Å².